The van der Waals surface area contributed by atoms with E-state index in [1.54, 1.807) is 30.3 Å². The molecule has 1 aliphatic carbocycles. The number of likely N-dealkylation sites (N-methyl/N-ethyl adjacent to an activating group) is 1. The molecule has 1 fully saturated rings. The summed E-state index contributed by atoms with van der Waals surface area (Å²) in [4.78, 5) is 14.6. The van der Waals surface area contributed by atoms with Crippen LogP contribution in [0.4, 0.5) is 5.69 Å². The van der Waals surface area contributed by atoms with E-state index in [9.17, 15) is 13.2 Å². The smallest absolute Gasteiger partial charge is 0.261 e. The average Bonchev–Trinajstić information content (AvgIpc) is 3.53. The van der Waals surface area contributed by atoms with Crippen molar-refractivity contribution in [1.29, 1.82) is 0 Å². The predicted octanol–water partition coefficient (Wildman–Crippen LogP) is 3.08. The van der Waals surface area contributed by atoms with E-state index in [2.05, 4.69) is 30.9 Å². The van der Waals surface area contributed by atoms with E-state index in [4.69, 9.17) is 4.74 Å². The lowest BCUT2D eigenvalue weighted by Crippen LogP contribution is -2.34. The molecule has 0 atom stereocenters. The summed E-state index contributed by atoms with van der Waals surface area (Å²) in [6.07, 6.45) is 2.42. The first-order valence-electron chi connectivity index (χ1n) is 9.25. The Kier molecular flexibility index (Phi) is 6.81. The fourth-order valence-electron chi connectivity index (χ4n) is 2.89. The fraction of sp³-hybridized carbons (Fsp3) is 0.350. The Morgan fingerprint density at radius 3 is 2.66 bits per heavy atom. The minimum Gasteiger partial charge on any atom is -0.496 e. The van der Waals surface area contributed by atoms with Gasteiger partial charge in [0.25, 0.3) is 15.9 Å². The molecule has 0 bridgehead atoms. The van der Waals surface area contributed by atoms with Gasteiger partial charge in [0, 0.05) is 24.7 Å². The van der Waals surface area contributed by atoms with Crippen LogP contribution in [-0.4, -0.2) is 52.5 Å². The monoisotopic (exact) mass is 481 g/mol. The molecule has 0 unspecified atom stereocenters. The van der Waals surface area contributed by atoms with Crippen molar-refractivity contribution >= 4 is 37.5 Å². The molecule has 2 N–H and O–H groups in total. The molecule has 2 aromatic rings. The molecular formula is C20H24BrN3O4S. The van der Waals surface area contributed by atoms with Gasteiger partial charge in [0.15, 0.2) is 0 Å². The van der Waals surface area contributed by atoms with Crippen molar-refractivity contribution in [2.24, 2.45) is 0 Å². The third-order valence-electron chi connectivity index (χ3n) is 4.73. The van der Waals surface area contributed by atoms with E-state index < -0.39 is 10.0 Å². The first-order valence-corrected chi connectivity index (χ1v) is 11.5. The molecule has 2 aromatic carbocycles. The predicted molar refractivity (Wildman–Crippen MR) is 116 cm³/mol. The molecule has 3 rings (SSSR count). The fourth-order valence-corrected chi connectivity index (χ4v) is 4.53. The van der Waals surface area contributed by atoms with Crippen LogP contribution in [-0.2, 0) is 10.0 Å². The van der Waals surface area contributed by atoms with Gasteiger partial charge >= 0.3 is 0 Å². The highest BCUT2D eigenvalue weighted by Crippen LogP contribution is 2.29. The summed E-state index contributed by atoms with van der Waals surface area (Å²) in [5, 5.41) is 2.85. The van der Waals surface area contributed by atoms with Gasteiger partial charge in [-0.2, -0.15) is 0 Å². The number of nitrogens with zero attached hydrogens (tertiary/aromatic N) is 1. The van der Waals surface area contributed by atoms with Gasteiger partial charge in [-0.1, -0.05) is 6.07 Å². The number of hydrogen-bond acceptors (Lipinski definition) is 5. The van der Waals surface area contributed by atoms with Crippen LogP contribution in [0.3, 0.4) is 0 Å². The molecular weight excluding hydrogens is 458 g/mol. The van der Waals surface area contributed by atoms with Crippen LogP contribution in [0.15, 0.2) is 51.8 Å². The van der Waals surface area contributed by atoms with Gasteiger partial charge in [0.05, 0.1) is 22.2 Å². The first-order chi connectivity index (χ1) is 13.8. The highest BCUT2D eigenvalue weighted by atomic mass is 79.9. The number of rotatable bonds is 9. The van der Waals surface area contributed by atoms with Crippen LogP contribution >= 0.6 is 15.9 Å². The molecule has 1 amide bonds. The molecule has 7 nitrogen and oxygen atoms in total. The Balaban J connectivity index is 1.66. The molecule has 0 radical (unpaired) electrons. The van der Waals surface area contributed by atoms with Crippen molar-refractivity contribution in [3.8, 4) is 5.75 Å². The summed E-state index contributed by atoms with van der Waals surface area (Å²) in [6, 6.07) is 11.5. The van der Waals surface area contributed by atoms with Gasteiger partial charge in [-0.05, 0) is 72.2 Å². The summed E-state index contributed by atoms with van der Waals surface area (Å²) < 4.78 is 33.8. The molecule has 0 spiro atoms. The third kappa shape index (κ3) is 5.71. The number of halogens is 1. The van der Waals surface area contributed by atoms with Crippen LogP contribution in [0.1, 0.15) is 23.2 Å². The summed E-state index contributed by atoms with van der Waals surface area (Å²) >= 11 is 3.33. The maximum Gasteiger partial charge on any atom is 0.261 e. The Labute approximate surface area is 179 Å². The lowest BCUT2D eigenvalue weighted by atomic mass is 10.2. The van der Waals surface area contributed by atoms with E-state index in [-0.39, 0.29) is 10.8 Å². The minimum atomic E-state index is -3.84. The number of carbonyl (C=O) groups is 1. The standard InChI is InChI=1S/C20H24BrN3O4S/c1-24(16-7-8-16)11-10-22-20(25)14-4-3-5-17(12-14)29(26,27)23-15-6-9-19(28-2)18(21)13-15/h3-6,9,12-13,16,23H,7-8,10-11H2,1-2H3,(H,22,25). The topological polar surface area (TPSA) is 87.7 Å². The van der Waals surface area contributed by atoms with Crippen LogP contribution in [0, 0.1) is 0 Å². The molecule has 1 aliphatic rings. The molecule has 29 heavy (non-hydrogen) atoms. The summed E-state index contributed by atoms with van der Waals surface area (Å²) in [5.74, 6) is 0.303. The Morgan fingerprint density at radius 1 is 1.24 bits per heavy atom. The lowest BCUT2D eigenvalue weighted by Gasteiger charge is -2.16. The Bertz CT molecular complexity index is 993. The number of sulfonamides is 1. The van der Waals surface area contributed by atoms with Crippen molar-refractivity contribution in [3.05, 3.63) is 52.5 Å². The quantitative estimate of drug-likeness (QED) is 0.574. The first kappa shape index (κ1) is 21.6. The van der Waals surface area contributed by atoms with Crippen molar-refractivity contribution in [2.45, 2.75) is 23.8 Å². The van der Waals surface area contributed by atoms with Gasteiger partial charge in [-0.15, -0.1) is 0 Å². The lowest BCUT2D eigenvalue weighted by molar-refractivity contribution is 0.0949. The number of carbonyl (C=O) groups excluding carboxylic acids is 1. The zero-order valence-electron chi connectivity index (χ0n) is 16.3. The van der Waals surface area contributed by atoms with E-state index in [0.29, 0.717) is 34.1 Å². The van der Waals surface area contributed by atoms with Crippen molar-refractivity contribution in [3.63, 3.8) is 0 Å². The number of methoxy groups -OCH3 is 1. The molecule has 1 saturated carbocycles. The number of amides is 1. The van der Waals surface area contributed by atoms with Gasteiger partial charge in [0.1, 0.15) is 5.75 Å². The average molecular weight is 482 g/mol. The van der Waals surface area contributed by atoms with Gasteiger partial charge in [-0.25, -0.2) is 8.42 Å². The van der Waals surface area contributed by atoms with Gasteiger partial charge < -0.3 is 15.0 Å². The molecule has 0 aromatic heterocycles. The second kappa shape index (κ2) is 9.15. The number of anilines is 1. The molecule has 0 heterocycles. The molecule has 0 aliphatic heterocycles. The van der Waals surface area contributed by atoms with E-state index in [1.165, 1.54) is 32.1 Å². The number of nitrogens with one attached hydrogen (secondary N) is 2. The number of hydrogen-bond donors (Lipinski definition) is 2. The SMILES string of the molecule is COc1ccc(NS(=O)(=O)c2cccc(C(=O)NCCN(C)C3CC3)c2)cc1Br. The second-order valence-corrected chi connectivity index (χ2v) is 9.49. The number of benzene rings is 2. The Hall–Kier alpha value is -2.10. The number of ether oxygens (including phenoxy) is 1. The minimum absolute atomic E-state index is 0.0205. The zero-order valence-corrected chi connectivity index (χ0v) is 18.7. The van der Waals surface area contributed by atoms with Crippen LogP contribution in [0.5, 0.6) is 5.75 Å². The van der Waals surface area contributed by atoms with Gasteiger partial charge in [0.2, 0.25) is 0 Å². The van der Waals surface area contributed by atoms with E-state index in [0.717, 1.165) is 6.54 Å². The maximum atomic E-state index is 12.7. The highest BCUT2D eigenvalue weighted by molar-refractivity contribution is 9.10. The van der Waals surface area contributed by atoms with Crippen molar-refractivity contribution < 1.29 is 17.9 Å². The maximum absolute atomic E-state index is 12.7. The van der Waals surface area contributed by atoms with Crippen LogP contribution in [0.25, 0.3) is 0 Å². The van der Waals surface area contributed by atoms with Gasteiger partial charge in [-0.3, -0.25) is 9.52 Å². The summed E-state index contributed by atoms with van der Waals surface area (Å²) in [7, 11) is -0.268. The normalized spacial score (nSPS) is 13.9. The Morgan fingerprint density at radius 2 is 2.00 bits per heavy atom. The molecule has 0 saturated heterocycles. The van der Waals surface area contributed by atoms with Crippen LogP contribution in [0.2, 0.25) is 0 Å². The van der Waals surface area contributed by atoms with Crippen molar-refractivity contribution in [1.82, 2.24) is 10.2 Å². The summed E-state index contributed by atoms with van der Waals surface area (Å²) in [5.41, 5.74) is 0.688. The largest absolute Gasteiger partial charge is 0.496 e. The summed E-state index contributed by atoms with van der Waals surface area (Å²) in [6.45, 7) is 1.28. The third-order valence-corrected chi connectivity index (χ3v) is 6.73. The van der Waals surface area contributed by atoms with E-state index in [1.807, 2.05) is 7.05 Å². The molecule has 9 heteroatoms. The van der Waals surface area contributed by atoms with Crippen LogP contribution < -0.4 is 14.8 Å². The second-order valence-electron chi connectivity index (χ2n) is 6.95. The van der Waals surface area contributed by atoms with Crippen molar-refractivity contribution in [2.75, 3.05) is 32.0 Å². The zero-order chi connectivity index (χ0) is 21.0. The highest BCUT2D eigenvalue weighted by Gasteiger charge is 2.25. The molecule has 156 valence electrons. The van der Waals surface area contributed by atoms with E-state index >= 15 is 0 Å².